The Bertz CT molecular complexity index is 484. The Morgan fingerprint density at radius 3 is 2.00 bits per heavy atom. The van der Waals surface area contributed by atoms with E-state index in [1.807, 2.05) is 36.4 Å². The molecule has 2 aromatic rings. The fourth-order valence-corrected chi connectivity index (χ4v) is 3.07. The molecule has 0 aliphatic rings. The fourth-order valence-electron chi connectivity index (χ4n) is 1.79. The monoisotopic (exact) mass is 257 g/mol. The van der Waals surface area contributed by atoms with Gasteiger partial charge in [0.2, 0.25) is 0 Å². The third-order valence-electron chi connectivity index (χ3n) is 2.65. The topological polar surface area (TPSA) is 3.24 Å². The third kappa shape index (κ3) is 2.81. The minimum Gasteiger partial charge on any atom is -0.336 e. The quantitative estimate of drug-likeness (QED) is 0.612. The predicted molar refractivity (Wildman–Crippen MR) is 81.9 cm³/mol. The van der Waals surface area contributed by atoms with Crippen LogP contribution in [0.3, 0.4) is 0 Å². The number of benzene rings is 2. The van der Waals surface area contributed by atoms with E-state index in [0.717, 1.165) is 27.0 Å². The highest BCUT2D eigenvalue weighted by molar-refractivity contribution is 7.81. The first-order valence-corrected chi connectivity index (χ1v) is 7.57. The van der Waals surface area contributed by atoms with Crippen LogP contribution in [0.25, 0.3) is 0 Å². The maximum atomic E-state index is 5.57. The Morgan fingerprint density at radius 2 is 1.47 bits per heavy atom. The van der Waals surface area contributed by atoms with Crippen molar-refractivity contribution in [1.82, 2.24) is 0 Å². The van der Waals surface area contributed by atoms with Gasteiger partial charge in [-0.1, -0.05) is 60.7 Å². The Hall–Kier alpha value is -1.45. The van der Waals surface area contributed by atoms with E-state index in [1.165, 1.54) is 5.69 Å². The van der Waals surface area contributed by atoms with E-state index in [2.05, 4.69) is 29.2 Å². The van der Waals surface area contributed by atoms with Crippen LogP contribution < -0.4 is 4.90 Å². The minimum absolute atomic E-state index is 0.909. The zero-order chi connectivity index (χ0) is 12.1. The molecule has 0 heterocycles. The molecule has 0 atom stereocenters. The summed E-state index contributed by atoms with van der Waals surface area (Å²) in [6.45, 7) is 0. The Morgan fingerprint density at radius 1 is 0.941 bits per heavy atom. The molecular formula is C14H15NSSi. The van der Waals surface area contributed by atoms with Crippen molar-refractivity contribution >= 4 is 33.1 Å². The summed E-state index contributed by atoms with van der Waals surface area (Å²) in [5.74, 6) is 0. The number of hydrogen-bond acceptors (Lipinski definition) is 1. The third-order valence-corrected chi connectivity index (χ3v) is 3.74. The van der Waals surface area contributed by atoms with Gasteiger partial charge in [0.15, 0.2) is 0 Å². The SMILES string of the molecule is [SiH3]CN(C(=S)c1ccccc1)c1ccccc1. The molecule has 0 amide bonds. The molecule has 2 aromatic carbocycles. The van der Waals surface area contributed by atoms with Crippen molar-refractivity contribution in [2.24, 2.45) is 0 Å². The second kappa shape index (κ2) is 5.75. The summed E-state index contributed by atoms with van der Waals surface area (Å²) >= 11 is 5.57. The number of para-hydroxylation sites is 1. The summed E-state index contributed by atoms with van der Waals surface area (Å²) in [6.07, 6.45) is 1.01. The largest absolute Gasteiger partial charge is 0.336 e. The van der Waals surface area contributed by atoms with Crippen LogP contribution in [0.2, 0.25) is 0 Å². The van der Waals surface area contributed by atoms with E-state index >= 15 is 0 Å². The minimum atomic E-state index is 0.909. The van der Waals surface area contributed by atoms with Gasteiger partial charge in [0.05, 0.1) is 0 Å². The number of nitrogens with zero attached hydrogens (tertiary/aromatic N) is 1. The number of anilines is 1. The lowest BCUT2D eigenvalue weighted by atomic mass is 10.2. The van der Waals surface area contributed by atoms with Crippen molar-refractivity contribution < 1.29 is 0 Å². The molecule has 0 unspecified atom stereocenters. The second-order valence-corrected chi connectivity index (χ2v) is 4.77. The highest BCUT2D eigenvalue weighted by Crippen LogP contribution is 2.16. The lowest BCUT2D eigenvalue weighted by Gasteiger charge is -2.24. The maximum absolute atomic E-state index is 5.57. The lowest BCUT2D eigenvalue weighted by Crippen LogP contribution is -2.31. The van der Waals surface area contributed by atoms with E-state index in [9.17, 15) is 0 Å². The first-order chi connectivity index (χ1) is 8.33. The molecule has 3 heteroatoms. The van der Waals surface area contributed by atoms with Gasteiger partial charge in [-0.3, -0.25) is 0 Å². The van der Waals surface area contributed by atoms with Gasteiger partial charge in [0.25, 0.3) is 0 Å². The van der Waals surface area contributed by atoms with Gasteiger partial charge < -0.3 is 4.90 Å². The Balaban J connectivity index is 2.29. The predicted octanol–water partition coefficient (Wildman–Crippen LogP) is 2.19. The standard InChI is InChI=1S/C14H15NSSi/c16-14(12-7-3-1-4-8-12)15(11-17)13-9-5-2-6-10-13/h1-10H,11H2,17H3. The molecule has 0 saturated carbocycles. The van der Waals surface area contributed by atoms with Crippen LogP contribution in [0, 0.1) is 0 Å². The van der Waals surface area contributed by atoms with Gasteiger partial charge in [-0.05, 0) is 12.1 Å². The van der Waals surface area contributed by atoms with Crippen molar-refractivity contribution in [3.8, 4) is 0 Å². The molecule has 0 aliphatic carbocycles. The molecule has 2 rings (SSSR count). The molecule has 17 heavy (non-hydrogen) atoms. The Labute approximate surface area is 111 Å². The summed E-state index contributed by atoms with van der Waals surface area (Å²) in [4.78, 5) is 3.11. The molecule has 0 N–H and O–H groups in total. The van der Waals surface area contributed by atoms with Crippen LogP contribution in [0.15, 0.2) is 60.7 Å². The second-order valence-electron chi connectivity index (χ2n) is 3.75. The van der Waals surface area contributed by atoms with E-state index in [1.54, 1.807) is 0 Å². The van der Waals surface area contributed by atoms with Gasteiger partial charge in [-0.15, -0.1) is 0 Å². The van der Waals surface area contributed by atoms with Gasteiger partial charge >= 0.3 is 0 Å². The molecule has 0 radical (unpaired) electrons. The molecule has 0 aromatic heterocycles. The van der Waals surface area contributed by atoms with Gasteiger partial charge in [-0.2, -0.15) is 0 Å². The number of hydrogen-bond donors (Lipinski definition) is 0. The van der Waals surface area contributed by atoms with E-state index in [-0.39, 0.29) is 0 Å². The first-order valence-electron chi connectivity index (χ1n) is 5.75. The van der Waals surface area contributed by atoms with E-state index < -0.39 is 0 Å². The van der Waals surface area contributed by atoms with Crippen LogP contribution >= 0.6 is 12.2 Å². The highest BCUT2D eigenvalue weighted by Gasteiger charge is 2.10. The summed E-state index contributed by atoms with van der Waals surface area (Å²) in [6, 6.07) is 20.5. The molecule has 0 fully saturated rings. The zero-order valence-corrected chi connectivity index (χ0v) is 12.7. The summed E-state index contributed by atoms with van der Waals surface area (Å²) in [5.41, 5.74) is 2.29. The lowest BCUT2D eigenvalue weighted by molar-refractivity contribution is 1.23. The van der Waals surface area contributed by atoms with Crippen molar-refractivity contribution in [3.05, 3.63) is 66.2 Å². The normalized spacial score (nSPS) is 10.1. The van der Waals surface area contributed by atoms with Crippen molar-refractivity contribution in [2.75, 3.05) is 11.1 Å². The van der Waals surface area contributed by atoms with Gasteiger partial charge in [0, 0.05) is 27.7 Å². The molecular weight excluding hydrogens is 242 g/mol. The molecule has 0 bridgehead atoms. The molecule has 86 valence electrons. The van der Waals surface area contributed by atoms with Crippen molar-refractivity contribution in [2.45, 2.75) is 0 Å². The maximum Gasteiger partial charge on any atom is 0.113 e. The molecule has 0 spiro atoms. The average Bonchev–Trinajstić information content (AvgIpc) is 2.42. The molecule has 0 saturated heterocycles. The van der Waals surface area contributed by atoms with Crippen molar-refractivity contribution in [1.29, 1.82) is 0 Å². The van der Waals surface area contributed by atoms with Crippen LogP contribution in [0.4, 0.5) is 5.69 Å². The first kappa shape index (κ1) is 12.0. The van der Waals surface area contributed by atoms with Gasteiger partial charge in [-0.25, -0.2) is 0 Å². The summed E-state index contributed by atoms with van der Waals surface area (Å²) in [7, 11) is 1.09. The summed E-state index contributed by atoms with van der Waals surface area (Å²) < 4.78 is 0. The van der Waals surface area contributed by atoms with Crippen molar-refractivity contribution in [3.63, 3.8) is 0 Å². The Kier molecular flexibility index (Phi) is 4.06. The number of thiocarbonyl (C=S) groups is 1. The molecule has 1 nitrogen and oxygen atoms in total. The zero-order valence-electron chi connectivity index (χ0n) is 9.84. The van der Waals surface area contributed by atoms with Crippen LogP contribution in [-0.2, 0) is 0 Å². The van der Waals surface area contributed by atoms with E-state index in [0.29, 0.717) is 0 Å². The number of rotatable bonds is 3. The van der Waals surface area contributed by atoms with Gasteiger partial charge in [0.1, 0.15) is 4.99 Å². The average molecular weight is 257 g/mol. The summed E-state index contributed by atoms with van der Waals surface area (Å²) in [5, 5.41) is 0. The van der Waals surface area contributed by atoms with Crippen LogP contribution in [0.5, 0.6) is 0 Å². The fraction of sp³-hybridized carbons (Fsp3) is 0.0714. The van der Waals surface area contributed by atoms with Crippen LogP contribution in [0.1, 0.15) is 5.56 Å². The van der Waals surface area contributed by atoms with Crippen LogP contribution in [-0.4, -0.2) is 21.4 Å². The highest BCUT2D eigenvalue weighted by atomic mass is 32.1. The van der Waals surface area contributed by atoms with E-state index in [4.69, 9.17) is 12.2 Å². The smallest absolute Gasteiger partial charge is 0.113 e. The molecule has 0 aliphatic heterocycles.